The summed E-state index contributed by atoms with van der Waals surface area (Å²) in [5.74, 6) is 0.282. The zero-order valence-corrected chi connectivity index (χ0v) is 21.2. The highest BCUT2D eigenvalue weighted by molar-refractivity contribution is 14.1. The molecule has 0 aliphatic carbocycles. The SMILES string of the molecule is CCOC(=O)COc1c(I)cc(/C=C(/C#N)C(=O)Nc2ccc(OCC)cc2)cc1I. The fourth-order valence-corrected chi connectivity index (χ4v) is 4.58. The van der Waals surface area contributed by atoms with Gasteiger partial charge in [-0.3, -0.25) is 4.79 Å². The summed E-state index contributed by atoms with van der Waals surface area (Å²) in [6.45, 7) is 4.27. The fourth-order valence-electron chi connectivity index (χ4n) is 2.45. The van der Waals surface area contributed by atoms with Crippen LogP contribution in [-0.4, -0.2) is 31.7 Å². The molecule has 0 heterocycles. The molecule has 9 heteroatoms. The molecule has 0 saturated heterocycles. The first-order chi connectivity index (χ1) is 14.9. The lowest BCUT2D eigenvalue weighted by Gasteiger charge is -2.11. The van der Waals surface area contributed by atoms with Crippen LogP contribution in [0.4, 0.5) is 5.69 Å². The summed E-state index contributed by atoms with van der Waals surface area (Å²) in [5, 5.41) is 12.2. The van der Waals surface area contributed by atoms with Crippen molar-refractivity contribution in [2.45, 2.75) is 13.8 Å². The number of amides is 1. The Kier molecular flexibility index (Phi) is 10.1. The Balaban J connectivity index is 2.14. The molecule has 162 valence electrons. The van der Waals surface area contributed by atoms with Gasteiger partial charge in [-0.25, -0.2) is 4.79 Å². The number of rotatable bonds is 9. The zero-order valence-electron chi connectivity index (χ0n) is 16.9. The Labute approximate surface area is 208 Å². The van der Waals surface area contributed by atoms with E-state index >= 15 is 0 Å². The van der Waals surface area contributed by atoms with Gasteiger partial charge in [0.05, 0.1) is 20.4 Å². The number of halogens is 2. The molecule has 1 amide bonds. The monoisotopic (exact) mass is 646 g/mol. The van der Waals surface area contributed by atoms with Gasteiger partial charge in [-0.05, 0) is 107 Å². The summed E-state index contributed by atoms with van der Waals surface area (Å²) in [7, 11) is 0. The van der Waals surface area contributed by atoms with Crippen molar-refractivity contribution in [1.82, 2.24) is 0 Å². The van der Waals surface area contributed by atoms with E-state index in [0.29, 0.717) is 29.4 Å². The quantitative estimate of drug-likeness (QED) is 0.182. The van der Waals surface area contributed by atoms with Crippen molar-refractivity contribution in [2.75, 3.05) is 25.1 Å². The predicted molar refractivity (Wildman–Crippen MR) is 134 cm³/mol. The summed E-state index contributed by atoms with van der Waals surface area (Å²) >= 11 is 4.16. The van der Waals surface area contributed by atoms with E-state index in [1.165, 1.54) is 6.08 Å². The number of nitrogens with one attached hydrogen (secondary N) is 1. The standard InChI is InChI=1S/C22H20I2N2O5/c1-3-29-17-7-5-16(6-8-17)26-22(28)15(12-25)9-14-10-18(23)21(19(24)11-14)31-13-20(27)30-4-2/h5-11H,3-4,13H2,1-2H3,(H,26,28)/b15-9-. The maximum absolute atomic E-state index is 12.5. The van der Waals surface area contributed by atoms with E-state index in [4.69, 9.17) is 14.2 Å². The average Bonchev–Trinajstić information content (AvgIpc) is 2.73. The Morgan fingerprint density at radius 2 is 1.71 bits per heavy atom. The van der Waals surface area contributed by atoms with Gasteiger partial charge in [0.2, 0.25) is 0 Å². The third-order valence-electron chi connectivity index (χ3n) is 3.76. The number of esters is 1. The van der Waals surface area contributed by atoms with Crippen LogP contribution in [0.1, 0.15) is 19.4 Å². The summed E-state index contributed by atoms with van der Waals surface area (Å²) < 4.78 is 17.3. The van der Waals surface area contributed by atoms with Crippen LogP contribution in [0.3, 0.4) is 0 Å². The number of hydrogen-bond acceptors (Lipinski definition) is 6. The van der Waals surface area contributed by atoms with Gasteiger partial charge >= 0.3 is 5.97 Å². The Morgan fingerprint density at radius 1 is 1.06 bits per heavy atom. The first kappa shape index (κ1) is 24.9. The minimum absolute atomic E-state index is 0.0410. The molecule has 0 bridgehead atoms. The Bertz CT molecular complexity index is 991. The maximum atomic E-state index is 12.5. The third kappa shape index (κ3) is 7.70. The molecule has 0 saturated carbocycles. The molecule has 2 rings (SSSR count). The number of nitrogens with zero attached hydrogens (tertiary/aromatic N) is 1. The third-order valence-corrected chi connectivity index (χ3v) is 5.36. The maximum Gasteiger partial charge on any atom is 0.344 e. The van der Waals surface area contributed by atoms with Crippen molar-refractivity contribution in [2.24, 2.45) is 0 Å². The number of carbonyl (C=O) groups is 2. The molecular formula is C22H20I2N2O5. The normalized spacial score (nSPS) is 10.7. The lowest BCUT2D eigenvalue weighted by molar-refractivity contribution is -0.145. The second kappa shape index (κ2) is 12.5. The average molecular weight is 646 g/mol. The van der Waals surface area contributed by atoms with Crippen LogP contribution >= 0.6 is 45.2 Å². The second-order valence-electron chi connectivity index (χ2n) is 5.99. The zero-order chi connectivity index (χ0) is 22.8. The lowest BCUT2D eigenvalue weighted by Crippen LogP contribution is -2.15. The van der Waals surface area contributed by atoms with Gasteiger partial charge in [0.25, 0.3) is 5.91 Å². The first-order valence-electron chi connectivity index (χ1n) is 9.31. The van der Waals surface area contributed by atoms with Crippen molar-refractivity contribution >= 4 is 68.8 Å². The summed E-state index contributed by atoms with van der Waals surface area (Å²) in [6.07, 6.45) is 1.50. The number of ether oxygens (including phenoxy) is 3. The largest absolute Gasteiger partial charge is 0.494 e. The topological polar surface area (TPSA) is 97.7 Å². The summed E-state index contributed by atoms with van der Waals surface area (Å²) in [6, 6.07) is 12.4. The molecule has 0 aromatic heterocycles. The molecule has 0 aliphatic heterocycles. The fraction of sp³-hybridized carbons (Fsp3) is 0.227. The van der Waals surface area contributed by atoms with E-state index in [2.05, 4.69) is 50.5 Å². The van der Waals surface area contributed by atoms with E-state index < -0.39 is 11.9 Å². The smallest absolute Gasteiger partial charge is 0.344 e. The minimum atomic E-state index is -0.515. The lowest BCUT2D eigenvalue weighted by atomic mass is 10.1. The van der Waals surface area contributed by atoms with Crippen LogP contribution in [0.25, 0.3) is 6.08 Å². The highest BCUT2D eigenvalue weighted by Crippen LogP contribution is 2.30. The molecule has 0 radical (unpaired) electrons. The van der Waals surface area contributed by atoms with E-state index in [1.807, 2.05) is 13.0 Å². The van der Waals surface area contributed by atoms with Gasteiger partial charge in [0.1, 0.15) is 23.1 Å². The molecular weight excluding hydrogens is 626 g/mol. The summed E-state index contributed by atoms with van der Waals surface area (Å²) in [4.78, 5) is 24.0. The van der Waals surface area contributed by atoms with Gasteiger partial charge < -0.3 is 19.5 Å². The van der Waals surface area contributed by atoms with E-state index in [-0.39, 0.29) is 18.8 Å². The van der Waals surface area contributed by atoms with Crippen molar-refractivity contribution < 1.29 is 23.8 Å². The van der Waals surface area contributed by atoms with Crippen LogP contribution in [0, 0.1) is 18.5 Å². The highest BCUT2D eigenvalue weighted by atomic mass is 127. The summed E-state index contributed by atoms with van der Waals surface area (Å²) in [5.41, 5.74) is 1.18. The van der Waals surface area contributed by atoms with Crippen LogP contribution in [-0.2, 0) is 14.3 Å². The Morgan fingerprint density at radius 3 is 2.26 bits per heavy atom. The van der Waals surface area contributed by atoms with Crippen molar-refractivity contribution in [1.29, 1.82) is 5.26 Å². The first-order valence-corrected chi connectivity index (χ1v) is 11.5. The Hall–Kier alpha value is -2.33. The van der Waals surface area contributed by atoms with E-state index in [1.54, 1.807) is 43.3 Å². The van der Waals surface area contributed by atoms with Gasteiger partial charge in [-0.2, -0.15) is 5.26 Å². The number of carbonyl (C=O) groups excluding carboxylic acids is 2. The van der Waals surface area contributed by atoms with Gasteiger partial charge in [-0.15, -0.1) is 0 Å². The molecule has 2 aromatic rings. The van der Waals surface area contributed by atoms with Gasteiger partial charge in [-0.1, -0.05) is 0 Å². The molecule has 0 aliphatic rings. The van der Waals surface area contributed by atoms with Crippen LogP contribution in [0.2, 0.25) is 0 Å². The molecule has 1 N–H and O–H groups in total. The predicted octanol–water partition coefficient (Wildman–Crippen LogP) is 4.78. The van der Waals surface area contributed by atoms with Crippen LogP contribution in [0.15, 0.2) is 42.0 Å². The molecule has 0 unspecified atom stereocenters. The highest BCUT2D eigenvalue weighted by Gasteiger charge is 2.14. The molecule has 0 fully saturated rings. The van der Waals surface area contributed by atoms with E-state index in [0.717, 1.165) is 7.14 Å². The van der Waals surface area contributed by atoms with Crippen molar-refractivity contribution in [3.05, 3.63) is 54.7 Å². The second-order valence-corrected chi connectivity index (χ2v) is 8.31. The number of benzene rings is 2. The van der Waals surface area contributed by atoms with Crippen molar-refractivity contribution in [3.8, 4) is 17.6 Å². The molecule has 2 aromatic carbocycles. The number of nitriles is 1. The van der Waals surface area contributed by atoms with Crippen LogP contribution in [0.5, 0.6) is 11.5 Å². The van der Waals surface area contributed by atoms with Crippen molar-refractivity contribution in [3.63, 3.8) is 0 Å². The minimum Gasteiger partial charge on any atom is -0.494 e. The van der Waals surface area contributed by atoms with Crippen LogP contribution < -0.4 is 14.8 Å². The number of hydrogen-bond donors (Lipinski definition) is 1. The molecule has 31 heavy (non-hydrogen) atoms. The molecule has 0 atom stereocenters. The molecule has 7 nitrogen and oxygen atoms in total. The van der Waals surface area contributed by atoms with Gasteiger partial charge in [0, 0.05) is 5.69 Å². The van der Waals surface area contributed by atoms with E-state index in [9.17, 15) is 14.9 Å². The molecule has 0 spiro atoms. The number of anilines is 1. The van der Waals surface area contributed by atoms with Gasteiger partial charge in [0.15, 0.2) is 6.61 Å².